The Morgan fingerprint density at radius 1 is 1.23 bits per heavy atom. The van der Waals surface area contributed by atoms with Crippen molar-refractivity contribution in [3.8, 4) is 0 Å². The predicted octanol–water partition coefficient (Wildman–Crippen LogP) is 2.09. The molecule has 0 aromatic heterocycles. The second-order valence-electron chi connectivity index (χ2n) is 5.79. The Labute approximate surface area is 156 Å². The lowest BCUT2D eigenvalue weighted by Crippen LogP contribution is -2.47. The standard InChI is InChI=1S/C17H16ClN3O4S/c1-26(24,25)21(13-6-4-5-12(18)9-13)11-17(23)20-10-16(22)19-14-7-2-3-8-15(14)20/h2-9H,10-11H2,1H3,(H,19,22). The molecule has 9 heteroatoms. The summed E-state index contributed by atoms with van der Waals surface area (Å²) in [4.78, 5) is 26.0. The van der Waals surface area contributed by atoms with E-state index in [1.54, 1.807) is 42.5 Å². The third-order valence-electron chi connectivity index (χ3n) is 3.85. The van der Waals surface area contributed by atoms with Gasteiger partial charge in [-0.05, 0) is 30.3 Å². The SMILES string of the molecule is CS(=O)(=O)N(CC(=O)N1CC(=O)Nc2ccccc21)c1cccc(Cl)c1. The molecule has 2 aromatic rings. The van der Waals surface area contributed by atoms with E-state index in [1.165, 1.54) is 11.0 Å². The van der Waals surface area contributed by atoms with Crippen LogP contribution in [-0.4, -0.2) is 39.6 Å². The van der Waals surface area contributed by atoms with Gasteiger partial charge in [-0.25, -0.2) is 8.42 Å². The number of rotatable bonds is 4. The Hall–Kier alpha value is -2.58. The van der Waals surface area contributed by atoms with Crippen LogP contribution in [0.4, 0.5) is 17.1 Å². The lowest BCUT2D eigenvalue weighted by molar-refractivity contribution is -0.121. The van der Waals surface area contributed by atoms with Crippen molar-refractivity contribution in [2.24, 2.45) is 0 Å². The molecule has 26 heavy (non-hydrogen) atoms. The molecule has 0 spiro atoms. The minimum Gasteiger partial charge on any atom is -0.323 e. The molecule has 0 unspecified atom stereocenters. The largest absolute Gasteiger partial charge is 0.323 e. The smallest absolute Gasteiger partial charge is 0.248 e. The summed E-state index contributed by atoms with van der Waals surface area (Å²) in [5.41, 5.74) is 1.31. The molecule has 1 aliphatic heterocycles. The van der Waals surface area contributed by atoms with Gasteiger partial charge in [-0.3, -0.25) is 18.8 Å². The van der Waals surface area contributed by atoms with Gasteiger partial charge in [0.1, 0.15) is 13.1 Å². The zero-order chi connectivity index (χ0) is 18.9. The van der Waals surface area contributed by atoms with E-state index in [4.69, 9.17) is 11.6 Å². The van der Waals surface area contributed by atoms with Gasteiger partial charge < -0.3 is 5.32 Å². The van der Waals surface area contributed by atoms with Gasteiger partial charge in [0.2, 0.25) is 21.8 Å². The molecule has 0 aliphatic carbocycles. The predicted molar refractivity (Wildman–Crippen MR) is 101 cm³/mol. The summed E-state index contributed by atoms with van der Waals surface area (Å²) in [7, 11) is -3.73. The molecule has 0 bridgehead atoms. The second kappa shape index (κ2) is 6.97. The van der Waals surface area contributed by atoms with Crippen molar-refractivity contribution in [1.29, 1.82) is 0 Å². The van der Waals surface area contributed by atoms with Crippen LogP contribution in [0.1, 0.15) is 0 Å². The molecule has 0 saturated carbocycles. The minimum absolute atomic E-state index is 0.178. The van der Waals surface area contributed by atoms with Crippen molar-refractivity contribution in [2.45, 2.75) is 0 Å². The van der Waals surface area contributed by atoms with Gasteiger partial charge in [0, 0.05) is 5.02 Å². The fraction of sp³-hybridized carbons (Fsp3) is 0.176. The molecule has 0 fully saturated rings. The third kappa shape index (κ3) is 3.81. The molecular weight excluding hydrogens is 378 g/mol. The molecule has 2 aromatic carbocycles. The summed E-state index contributed by atoms with van der Waals surface area (Å²) < 4.78 is 25.4. The van der Waals surface area contributed by atoms with Gasteiger partial charge in [-0.2, -0.15) is 0 Å². The molecule has 136 valence electrons. The van der Waals surface area contributed by atoms with Gasteiger partial charge in [0.25, 0.3) is 0 Å². The monoisotopic (exact) mass is 393 g/mol. The summed E-state index contributed by atoms with van der Waals surface area (Å²) in [5.74, 6) is -0.858. The van der Waals surface area contributed by atoms with E-state index in [0.717, 1.165) is 10.6 Å². The number of amides is 2. The van der Waals surface area contributed by atoms with Crippen LogP contribution < -0.4 is 14.5 Å². The van der Waals surface area contributed by atoms with Crippen molar-refractivity contribution in [3.63, 3.8) is 0 Å². The highest BCUT2D eigenvalue weighted by molar-refractivity contribution is 7.92. The van der Waals surface area contributed by atoms with Crippen LogP contribution in [0.25, 0.3) is 0 Å². The molecule has 0 radical (unpaired) electrons. The van der Waals surface area contributed by atoms with Crippen molar-refractivity contribution in [2.75, 3.05) is 33.9 Å². The molecule has 1 aliphatic rings. The van der Waals surface area contributed by atoms with Crippen LogP contribution in [0.15, 0.2) is 48.5 Å². The van der Waals surface area contributed by atoms with E-state index in [0.29, 0.717) is 16.4 Å². The summed E-state index contributed by atoms with van der Waals surface area (Å²) in [6, 6.07) is 13.1. The van der Waals surface area contributed by atoms with Gasteiger partial charge in [0.15, 0.2) is 0 Å². The first-order valence-electron chi connectivity index (χ1n) is 7.68. The highest BCUT2D eigenvalue weighted by Crippen LogP contribution is 2.29. The number of nitrogens with zero attached hydrogens (tertiary/aromatic N) is 2. The lowest BCUT2D eigenvalue weighted by Gasteiger charge is -2.31. The molecule has 2 amide bonds. The number of hydrogen-bond donors (Lipinski definition) is 1. The first-order valence-corrected chi connectivity index (χ1v) is 9.91. The van der Waals surface area contributed by atoms with Crippen molar-refractivity contribution in [1.82, 2.24) is 0 Å². The summed E-state index contributed by atoms with van der Waals surface area (Å²) >= 11 is 5.94. The van der Waals surface area contributed by atoms with Crippen LogP contribution in [0, 0.1) is 0 Å². The average Bonchev–Trinajstić information content (AvgIpc) is 2.57. The average molecular weight is 394 g/mol. The fourth-order valence-corrected chi connectivity index (χ4v) is 3.72. The zero-order valence-electron chi connectivity index (χ0n) is 13.8. The van der Waals surface area contributed by atoms with Gasteiger partial charge in [-0.15, -0.1) is 0 Å². The number of hydrogen-bond acceptors (Lipinski definition) is 4. The number of carbonyl (C=O) groups is 2. The highest BCUT2D eigenvalue weighted by Gasteiger charge is 2.30. The maximum Gasteiger partial charge on any atom is 0.248 e. The van der Waals surface area contributed by atoms with E-state index in [-0.39, 0.29) is 18.1 Å². The van der Waals surface area contributed by atoms with Crippen LogP contribution >= 0.6 is 11.6 Å². The van der Waals surface area contributed by atoms with Gasteiger partial charge >= 0.3 is 0 Å². The summed E-state index contributed by atoms with van der Waals surface area (Å²) in [5, 5.41) is 3.04. The normalized spacial score (nSPS) is 13.8. The van der Waals surface area contributed by atoms with Gasteiger partial charge in [-0.1, -0.05) is 29.8 Å². The van der Waals surface area contributed by atoms with Gasteiger partial charge in [0.05, 0.1) is 23.3 Å². The van der Waals surface area contributed by atoms with Crippen LogP contribution in [0.3, 0.4) is 0 Å². The summed E-state index contributed by atoms with van der Waals surface area (Å²) in [6.45, 7) is -0.621. The zero-order valence-corrected chi connectivity index (χ0v) is 15.4. The Balaban J connectivity index is 1.93. The minimum atomic E-state index is -3.73. The number of anilines is 3. The fourth-order valence-electron chi connectivity index (χ4n) is 2.70. The highest BCUT2D eigenvalue weighted by atomic mass is 35.5. The maximum atomic E-state index is 12.8. The van der Waals surface area contributed by atoms with E-state index in [2.05, 4.69) is 5.32 Å². The van der Waals surface area contributed by atoms with Crippen LogP contribution in [0.2, 0.25) is 5.02 Å². The van der Waals surface area contributed by atoms with Crippen LogP contribution in [-0.2, 0) is 19.6 Å². The molecule has 0 saturated heterocycles. The van der Waals surface area contributed by atoms with E-state index >= 15 is 0 Å². The Morgan fingerprint density at radius 3 is 2.65 bits per heavy atom. The second-order valence-corrected chi connectivity index (χ2v) is 8.14. The number of benzene rings is 2. The molecule has 1 N–H and O–H groups in total. The number of nitrogens with one attached hydrogen (secondary N) is 1. The van der Waals surface area contributed by atoms with Crippen LogP contribution in [0.5, 0.6) is 0 Å². The number of carbonyl (C=O) groups excluding carboxylic acids is 2. The number of fused-ring (bicyclic) bond motifs is 1. The third-order valence-corrected chi connectivity index (χ3v) is 5.22. The number of halogens is 1. The topological polar surface area (TPSA) is 86.8 Å². The van der Waals surface area contributed by atoms with E-state index in [1.807, 2.05) is 0 Å². The Morgan fingerprint density at radius 2 is 1.96 bits per heavy atom. The van der Waals surface area contributed by atoms with Crippen molar-refractivity contribution >= 4 is 50.5 Å². The molecule has 3 rings (SSSR count). The molecule has 0 atom stereocenters. The first kappa shape index (κ1) is 18.2. The quantitative estimate of drug-likeness (QED) is 0.861. The van der Waals surface area contributed by atoms with Crippen molar-refractivity contribution in [3.05, 3.63) is 53.6 Å². The first-order chi connectivity index (χ1) is 12.3. The maximum absolute atomic E-state index is 12.8. The lowest BCUT2D eigenvalue weighted by atomic mass is 10.2. The number of sulfonamides is 1. The summed E-state index contributed by atoms with van der Waals surface area (Å²) in [6.07, 6.45) is 1.01. The molecular formula is C17H16ClN3O4S. The Kier molecular flexibility index (Phi) is 4.88. The van der Waals surface area contributed by atoms with E-state index in [9.17, 15) is 18.0 Å². The number of para-hydroxylation sites is 2. The molecule has 7 nitrogen and oxygen atoms in total. The van der Waals surface area contributed by atoms with Crippen molar-refractivity contribution < 1.29 is 18.0 Å². The molecule has 1 heterocycles. The Bertz CT molecular complexity index is 977. The van der Waals surface area contributed by atoms with E-state index < -0.39 is 22.5 Å².